The molecule has 0 amide bonds. The standard InChI is InChI=1S/C13H19F2NOS/c1-3-10(8-18-2)16-7-13(17)11-6-9(14)4-5-12(11)15/h4-6,10,13,16-17H,3,7-8H2,1-2H3. The van der Waals surface area contributed by atoms with Crippen LogP contribution in [-0.2, 0) is 0 Å². The second-order valence-corrected chi connectivity index (χ2v) is 5.06. The maximum Gasteiger partial charge on any atom is 0.129 e. The molecule has 0 aliphatic heterocycles. The smallest absolute Gasteiger partial charge is 0.129 e. The van der Waals surface area contributed by atoms with Gasteiger partial charge >= 0.3 is 0 Å². The zero-order chi connectivity index (χ0) is 13.5. The predicted octanol–water partition coefficient (Wildman–Crippen LogP) is 2.73. The van der Waals surface area contributed by atoms with Gasteiger partial charge in [-0.25, -0.2) is 8.78 Å². The Morgan fingerprint density at radius 1 is 1.39 bits per heavy atom. The molecular formula is C13H19F2NOS. The largest absolute Gasteiger partial charge is 0.387 e. The van der Waals surface area contributed by atoms with E-state index in [0.29, 0.717) is 0 Å². The number of aliphatic hydroxyl groups is 1. The first-order chi connectivity index (χ1) is 8.58. The molecule has 0 radical (unpaired) electrons. The summed E-state index contributed by atoms with van der Waals surface area (Å²) < 4.78 is 26.4. The van der Waals surface area contributed by atoms with Crippen LogP contribution in [-0.4, -0.2) is 29.7 Å². The lowest BCUT2D eigenvalue weighted by Crippen LogP contribution is -2.34. The van der Waals surface area contributed by atoms with E-state index >= 15 is 0 Å². The quantitative estimate of drug-likeness (QED) is 0.802. The van der Waals surface area contributed by atoms with E-state index in [-0.39, 0.29) is 18.2 Å². The fourth-order valence-electron chi connectivity index (χ4n) is 1.68. The Kier molecular flexibility index (Phi) is 6.60. The van der Waals surface area contributed by atoms with Crippen LogP contribution in [0, 0.1) is 11.6 Å². The maximum atomic E-state index is 13.4. The van der Waals surface area contributed by atoms with Crippen molar-refractivity contribution in [1.29, 1.82) is 0 Å². The van der Waals surface area contributed by atoms with Crippen LogP contribution >= 0.6 is 11.8 Å². The highest BCUT2D eigenvalue weighted by Gasteiger charge is 2.15. The molecule has 0 saturated carbocycles. The van der Waals surface area contributed by atoms with Gasteiger partial charge in [-0.2, -0.15) is 11.8 Å². The topological polar surface area (TPSA) is 32.3 Å². The molecule has 0 fully saturated rings. The molecule has 0 saturated heterocycles. The van der Waals surface area contributed by atoms with Crippen LogP contribution in [0.2, 0.25) is 0 Å². The molecule has 0 aromatic heterocycles. The van der Waals surface area contributed by atoms with Crippen molar-refractivity contribution >= 4 is 11.8 Å². The summed E-state index contributed by atoms with van der Waals surface area (Å²) in [7, 11) is 0. The minimum Gasteiger partial charge on any atom is -0.387 e. The Morgan fingerprint density at radius 3 is 2.72 bits per heavy atom. The maximum absolute atomic E-state index is 13.4. The molecule has 5 heteroatoms. The number of benzene rings is 1. The van der Waals surface area contributed by atoms with Crippen molar-refractivity contribution in [2.24, 2.45) is 0 Å². The Hall–Kier alpha value is -0.650. The van der Waals surface area contributed by atoms with Gasteiger partial charge in [0, 0.05) is 23.9 Å². The summed E-state index contributed by atoms with van der Waals surface area (Å²) in [5.74, 6) is -0.195. The van der Waals surface area contributed by atoms with E-state index in [1.165, 1.54) is 0 Å². The Morgan fingerprint density at radius 2 is 2.11 bits per heavy atom. The van der Waals surface area contributed by atoms with E-state index in [4.69, 9.17) is 0 Å². The van der Waals surface area contributed by atoms with Crippen molar-refractivity contribution in [3.05, 3.63) is 35.4 Å². The number of rotatable bonds is 7. The van der Waals surface area contributed by atoms with E-state index < -0.39 is 17.7 Å². The van der Waals surface area contributed by atoms with Gasteiger partial charge in [0.1, 0.15) is 11.6 Å². The molecular weight excluding hydrogens is 256 g/mol. The molecule has 2 N–H and O–H groups in total. The molecule has 0 bridgehead atoms. The van der Waals surface area contributed by atoms with Crippen molar-refractivity contribution in [3.63, 3.8) is 0 Å². The molecule has 0 spiro atoms. The summed E-state index contributed by atoms with van der Waals surface area (Å²) in [6.07, 6.45) is 1.91. The lowest BCUT2D eigenvalue weighted by atomic mass is 10.1. The number of thioether (sulfide) groups is 1. The summed E-state index contributed by atoms with van der Waals surface area (Å²) in [4.78, 5) is 0. The average molecular weight is 275 g/mol. The van der Waals surface area contributed by atoms with Crippen LogP contribution in [0.15, 0.2) is 18.2 Å². The van der Waals surface area contributed by atoms with Gasteiger partial charge in [0.15, 0.2) is 0 Å². The number of halogens is 2. The summed E-state index contributed by atoms with van der Waals surface area (Å²) in [5, 5.41) is 13.0. The van der Waals surface area contributed by atoms with Gasteiger partial charge in [0.25, 0.3) is 0 Å². The second kappa shape index (κ2) is 7.71. The zero-order valence-corrected chi connectivity index (χ0v) is 11.4. The van der Waals surface area contributed by atoms with Crippen molar-refractivity contribution < 1.29 is 13.9 Å². The highest BCUT2D eigenvalue weighted by Crippen LogP contribution is 2.18. The predicted molar refractivity (Wildman–Crippen MR) is 71.8 cm³/mol. The molecule has 2 atom stereocenters. The lowest BCUT2D eigenvalue weighted by molar-refractivity contribution is 0.165. The van der Waals surface area contributed by atoms with Gasteiger partial charge < -0.3 is 10.4 Å². The van der Waals surface area contributed by atoms with Gasteiger partial charge in [-0.3, -0.25) is 0 Å². The first kappa shape index (κ1) is 15.4. The van der Waals surface area contributed by atoms with E-state index in [0.717, 1.165) is 30.4 Å². The molecule has 18 heavy (non-hydrogen) atoms. The first-order valence-electron chi connectivity index (χ1n) is 5.93. The van der Waals surface area contributed by atoms with Crippen LogP contribution < -0.4 is 5.32 Å². The second-order valence-electron chi connectivity index (χ2n) is 4.15. The number of aliphatic hydroxyl groups excluding tert-OH is 1. The molecule has 1 rings (SSSR count). The van der Waals surface area contributed by atoms with Gasteiger partial charge in [-0.15, -0.1) is 0 Å². The monoisotopic (exact) mass is 275 g/mol. The summed E-state index contributed by atoms with van der Waals surface area (Å²) >= 11 is 1.71. The molecule has 102 valence electrons. The number of nitrogens with one attached hydrogen (secondary N) is 1. The minimum absolute atomic E-state index is 0.00139. The van der Waals surface area contributed by atoms with Crippen LogP contribution in [0.3, 0.4) is 0 Å². The summed E-state index contributed by atoms with van der Waals surface area (Å²) in [6, 6.07) is 3.39. The van der Waals surface area contributed by atoms with Crippen LogP contribution in [0.25, 0.3) is 0 Å². The van der Waals surface area contributed by atoms with Crippen molar-refractivity contribution in [1.82, 2.24) is 5.32 Å². The van der Waals surface area contributed by atoms with Crippen molar-refractivity contribution in [2.45, 2.75) is 25.5 Å². The van der Waals surface area contributed by atoms with E-state index in [1.807, 2.05) is 13.2 Å². The molecule has 1 aromatic carbocycles. The molecule has 1 aromatic rings. The van der Waals surface area contributed by atoms with Crippen molar-refractivity contribution in [3.8, 4) is 0 Å². The van der Waals surface area contributed by atoms with E-state index in [2.05, 4.69) is 5.32 Å². The third-order valence-corrected chi connectivity index (χ3v) is 3.51. The molecule has 0 aliphatic rings. The molecule has 0 heterocycles. The Balaban J connectivity index is 2.59. The Labute approximate surface area is 111 Å². The van der Waals surface area contributed by atoms with E-state index in [9.17, 15) is 13.9 Å². The average Bonchev–Trinajstić information content (AvgIpc) is 2.37. The minimum atomic E-state index is -1.03. The lowest BCUT2D eigenvalue weighted by Gasteiger charge is -2.19. The fourth-order valence-corrected chi connectivity index (χ4v) is 2.44. The third-order valence-electron chi connectivity index (χ3n) is 2.78. The normalized spacial score (nSPS) is 14.5. The van der Waals surface area contributed by atoms with Crippen LogP contribution in [0.5, 0.6) is 0 Å². The number of hydrogen-bond donors (Lipinski definition) is 2. The van der Waals surface area contributed by atoms with E-state index in [1.54, 1.807) is 11.8 Å². The van der Waals surface area contributed by atoms with Crippen LogP contribution in [0.4, 0.5) is 8.78 Å². The number of hydrogen-bond acceptors (Lipinski definition) is 3. The summed E-state index contributed by atoms with van der Waals surface area (Å²) in [6.45, 7) is 2.27. The molecule has 2 unspecified atom stereocenters. The van der Waals surface area contributed by atoms with Crippen molar-refractivity contribution in [2.75, 3.05) is 18.6 Å². The van der Waals surface area contributed by atoms with Gasteiger partial charge in [0.05, 0.1) is 6.10 Å². The molecule has 2 nitrogen and oxygen atoms in total. The van der Waals surface area contributed by atoms with Gasteiger partial charge in [-0.05, 0) is 30.9 Å². The fraction of sp³-hybridized carbons (Fsp3) is 0.538. The SMILES string of the molecule is CCC(CSC)NCC(O)c1cc(F)ccc1F. The summed E-state index contributed by atoms with van der Waals surface area (Å²) in [5.41, 5.74) is 0.00139. The first-order valence-corrected chi connectivity index (χ1v) is 7.33. The third kappa shape index (κ3) is 4.55. The van der Waals surface area contributed by atoms with Crippen LogP contribution in [0.1, 0.15) is 25.0 Å². The Bertz CT molecular complexity index is 376. The highest BCUT2D eigenvalue weighted by molar-refractivity contribution is 7.98. The highest BCUT2D eigenvalue weighted by atomic mass is 32.2. The van der Waals surface area contributed by atoms with Gasteiger partial charge in [0.2, 0.25) is 0 Å². The zero-order valence-electron chi connectivity index (χ0n) is 10.6. The van der Waals surface area contributed by atoms with Gasteiger partial charge in [-0.1, -0.05) is 6.92 Å². The molecule has 0 aliphatic carbocycles.